The van der Waals surface area contributed by atoms with Crippen LogP contribution in [-0.4, -0.2) is 32.0 Å². The van der Waals surface area contributed by atoms with Crippen molar-refractivity contribution in [2.24, 2.45) is 4.99 Å². The fourth-order valence-corrected chi connectivity index (χ4v) is 2.62. The summed E-state index contributed by atoms with van der Waals surface area (Å²) in [6.07, 6.45) is 0. The molecule has 2 rings (SSSR count). The fraction of sp³-hybridized carbons (Fsp3) is 0.350. The highest BCUT2D eigenvalue weighted by molar-refractivity contribution is 14.0. The average molecular weight is 452 g/mol. The zero-order valence-corrected chi connectivity index (χ0v) is 17.9. The van der Waals surface area contributed by atoms with E-state index in [2.05, 4.69) is 90.1 Å². The van der Waals surface area contributed by atoms with Crippen LogP contribution in [0.2, 0.25) is 0 Å². The summed E-state index contributed by atoms with van der Waals surface area (Å²) in [4.78, 5) is 6.47. The standard InChI is InChI=1S/C20H28N4.HI/c1-16-7-5-8-17(11-16)13-22-20(21-2)23-14-18-9-6-10-19(12-18)15-24(3)4;/h5-12H,13-15H2,1-4H3,(H2,21,22,23);1H. The highest BCUT2D eigenvalue weighted by atomic mass is 127. The molecule has 25 heavy (non-hydrogen) atoms. The molecule has 0 heterocycles. The zero-order valence-electron chi connectivity index (χ0n) is 15.5. The number of guanidine groups is 1. The van der Waals surface area contributed by atoms with Crippen molar-refractivity contribution in [1.29, 1.82) is 0 Å². The van der Waals surface area contributed by atoms with E-state index < -0.39 is 0 Å². The number of hydrogen-bond donors (Lipinski definition) is 2. The molecular weight excluding hydrogens is 423 g/mol. The predicted molar refractivity (Wildman–Crippen MR) is 117 cm³/mol. The van der Waals surface area contributed by atoms with Crippen LogP contribution in [0.1, 0.15) is 22.3 Å². The van der Waals surface area contributed by atoms with Crippen molar-refractivity contribution < 1.29 is 0 Å². The highest BCUT2D eigenvalue weighted by Gasteiger charge is 2.01. The molecule has 2 aromatic rings. The molecule has 0 aromatic heterocycles. The van der Waals surface area contributed by atoms with Gasteiger partial charge in [0.1, 0.15) is 0 Å². The van der Waals surface area contributed by atoms with E-state index in [0.717, 1.165) is 25.6 Å². The minimum atomic E-state index is 0. The van der Waals surface area contributed by atoms with Gasteiger partial charge in [-0.05, 0) is 37.7 Å². The lowest BCUT2D eigenvalue weighted by Gasteiger charge is -2.14. The first-order valence-electron chi connectivity index (χ1n) is 8.29. The van der Waals surface area contributed by atoms with Gasteiger partial charge in [-0.15, -0.1) is 24.0 Å². The van der Waals surface area contributed by atoms with Crippen molar-refractivity contribution >= 4 is 29.9 Å². The fourth-order valence-electron chi connectivity index (χ4n) is 2.62. The summed E-state index contributed by atoms with van der Waals surface area (Å²) in [5.74, 6) is 0.814. The minimum absolute atomic E-state index is 0. The largest absolute Gasteiger partial charge is 0.352 e. The van der Waals surface area contributed by atoms with Gasteiger partial charge in [-0.1, -0.05) is 54.1 Å². The molecule has 0 bridgehead atoms. The number of hydrogen-bond acceptors (Lipinski definition) is 2. The molecule has 0 amide bonds. The van der Waals surface area contributed by atoms with Crippen molar-refractivity contribution in [2.45, 2.75) is 26.6 Å². The van der Waals surface area contributed by atoms with Crippen LogP contribution in [0.15, 0.2) is 53.5 Å². The Kier molecular flexibility index (Phi) is 9.52. The van der Waals surface area contributed by atoms with Gasteiger partial charge >= 0.3 is 0 Å². The number of nitrogens with one attached hydrogen (secondary N) is 2. The first kappa shape index (κ1) is 21.4. The molecule has 2 aromatic carbocycles. The van der Waals surface area contributed by atoms with Crippen molar-refractivity contribution in [1.82, 2.24) is 15.5 Å². The average Bonchev–Trinajstić information content (AvgIpc) is 2.55. The van der Waals surface area contributed by atoms with E-state index >= 15 is 0 Å². The van der Waals surface area contributed by atoms with Crippen LogP contribution in [-0.2, 0) is 19.6 Å². The van der Waals surface area contributed by atoms with Gasteiger partial charge in [-0.3, -0.25) is 4.99 Å². The van der Waals surface area contributed by atoms with Crippen LogP contribution in [0.4, 0.5) is 0 Å². The predicted octanol–water partition coefficient (Wildman–Crippen LogP) is 3.54. The quantitative estimate of drug-likeness (QED) is 0.400. The Labute approximate surface area is 168 Å². The summed E-state index contributed by atoms with van der Waals surface area (Å²) in [5.41, 5.74) is 5.11. The lowest BCUT2D eigenvalue weighted by Crippen LogP contribution is -2.36. The van der Waals surface area contributed by atoms with Gasteiger partial charge < -0.3 is 15.5 Å². The van der Waals surface area contributed by atoms with Gasteiger partial charge in [0.25, 0.3) is 0 Å². The number of benzene rings is 2. The van der Waals surface area contributed by atoms with E-state index in [1.54, 1.807) is 7.05 Å². The first-order chi connectivity index (χ1) is 11.6. The van der Waals surface area contributed by atoms with Crippen molar-refractivity contribution in [3.63, 3.8) is 0 Å². The molecule has 0 aliphatic carbocycles. The highest BCUT2D eigenvalue weighted by Crippen LogP contribution is 2.07. The lowest BCUT2D eigenvalue weighted by molar-refractivity contribution is 0.402. The molecule has 0 radical (unpaired) electrons. The maximum Gasteiger partial charge on any atom is 0.191 e. The van der Waals surface area contributed by atoms with Gasteiger partial charge in [0, 0.05) is 26.7 Å². The van der Waals surface area contributed by atoms with Crippen molar-refractivity contribution in [3.8, 4) is 0 Å². The molecular formula is C20H29IN4. The molecule has 0 spiro atoms. The Morgan fingerprint density at radius 1 is 0.920 bits per heavy atom. The first-order valence-corrected chi connectivity index (χ1v) is 8.29. The minimum Gasteiger partial charge on any atom is -0.352 e. The normalized spacial score (nSPS) is 11.2. The van der Waals surface area contributed by atoms with Gasteiger partial charge in [0.2, 0.25) is 0 Å². The smallest absolute Gasteiger partial charge is 0.191 e. The number of aliphatic imine (C=N–C) groups is 1. The van der Waals surface area contributed by atoms with Gasteiger partial charge in [-0.25, -0.2) is 0 Å². The van der Waals surface area contributed by atoms with Crippen molar-refractivity contribution in [2.75, 3.05) is 21.1 Å². The number of halogens is 1. The van der Waals surface area contributed by atoms with E-state index in [0.29, 0.717) is 0 Å². The van der Waals surface area contributed by atoms with Crippen LogP contribution < -0.4 is 10.6 Å². The van der Waals surface area contributed by atoms with E-state index in [1.165, 1.54) is 22.3 Å². The summed E-state index contributed by atoms with van der Waals surface area (Å²) >= 11 is 0. The Hall–Kier alpha value is -1.60. The van der Waals surface area contributed by atoms with Crippen LogP contribution in [0.3, 0.4) is 0 Å². The second-order valence-corrected chi connectivity index (χ2v) is 6.33. The Morgan fingerprint density at radius 3 is 2.04 bits per heavy atom. The second kappa shape index (κ2) is 11.1. The molecule has 5 heteroatoms. The number of aryl methyl sites for hydroxylation is 1. The second-order valence-electron chi connectivity index (χ2n) is 6.33. The SMILES string of the molecule is CN=C(NCc1cccc(C)c1)NCc1cccc(CN(C)C)c1.I. The molecule has 0 saturated heterocycles. The molecule has 136 valence electrons. The number of rotatable bonds is 6. The topological polar surface area (TPSA) is 39.7 Å². The summed E-state index contributed by atoms with van der Waals surface area (Å²) in [7, 11) is 5.97. The summed E-state index contributed by atoms with van der Waals surface area (Å²) in [5, 5.41) is 6.74. The third kappa shape index (κ3) is 7.88. The third-order valence-electron chi connectivity index (χ3n) is 3.72. The summed E-state index contributed by atoms with van der Waals surface area (Å²) in [6.45, 7) is 4.59. The van der Waals surface area contributed by atoms with Crippen molar-refractivity contribution in [3.05, 3.63) is 70.8 Å². The zero-order chi connectivity index (χ0) is 17.4. The Morgan fingerprint density at radius 2 is 1.48 bits per heavy atom. The molecule has 0 fully saturated rings. The summed E-state index contributed by atoms with van der Waals surface area (Å²) in [6, 6.07) is 17.1. The van der Waals surface area contributed by atoms with Crippen LogP contribution >= 0.6 is 24.0 Å². The summed E-state index contributed by atoms with van der Waals surface area (Å²) < 4.78 is 0. The molecule has 0 saturated carbocycles. The maximum absolute atomic E-state index is 4.30. The molecule has 0 aliphatic rings. The lowest BCUT2D eigenvalue weighted by atomic mass is 10.1. The monoisotopic (exact) mass is 452 g/mol. The molecule has 4 nitrogen and oxygen atoms in total. The molecule has 0 aliphatic heterocycles. The third-order valence-corrected chi connectivity index (χ3v) is 3.72. The van der Waals surface area contributed by atoms with Crippen LogP contribution in [0.5, 0.6) is 0 Å². The maximum atomic E-state index is 4.30. The molecule has 0 unspecified atom stereocenters. The van der Waals surface area contributed by atoms with E-state index in [-0.39, 0.29) is 24.0 Å². The van der Waals surface area contributed by atoms with Crippen LogP contribution in [0, 0.1) is 6.92 Å². The molecule has 0 atom stereocenters. The van der Waals surface area contributed by atoms with E-state index in [9.17, 15) is 0 Å². The van der Waals surface area contributed by atoms with Crippen LogP contribution in [0.25, 0.3) is 0 Å². The van der Waals surface area contributed by atoms with Gasteiger partial charge in [0.05, 0.1) is 0 Å². The Bertz CT molecular complexity index is 683. The number of nitrogens with zero attached hydrogens (tertiary/aromatic N) is 2. The van der Waals surface area contributed by atoms with E-state index in [1.807, 2.05) is 0 Å². The Balaban J connectivity index is 0.00000312. The van der Waals surface area contributed by atoms with Gasteiger partial charge in [-0.2, -0.15) is 0 Å². The van der Waals surface area contributed by atoms with E-state index in [4.69, 9.17) is 0 Å². The molecule has 2 N–H and O–H groups in total. The van der Waals surface area contributed by atoms with Gasteiger partial charge in [0.15, 0.2) is 5.96 Å².